The Labute approximate surface area is 224 Å². The molecule has 1 aliphatic rings. The van der Waals surface area contributed by atoms with Crippen LogP contribution in [0.15, 0.2) is 53.4 Å². The molecule has 0 atom stereocenters. The number of phenolic OH excluding ortho intramolecular Hbond substituents is 2. The van der Waals surface area contributed by atoms with E-state index < -0.39 is 15.7 Å². The van der Waals surface area contributed by atoms with Crippen molar-refractivity contribution in [3.05, 3.63) is 87.5 Å². The molecular formula is C27H31NaO5S. The van der Waals surface area contributed by atoms with Gasteiger partial charge in [-0.05, 0) is 89.4 Å². The Hall–Kier alpha value is -1.83. The Bertz CT molecular complexity index is 1300. The maximum absolute atomic E-state index is 13.4. The van der Waals surface area contributed by atoms with Gasteiger partial charge in [0.05, 0.1) is 0 Å². The van der Waals surface area contributed by atoms with Crippen molar-refractivity contribution in [2.24, 2.45) is 0 Å². The number of fused-ring (bicyclic) bond motifs is 1. The normalized spacial score (nSPS) is 15.9. The Kier molecular flexibility index (Phi) is 7.34. The van der Waals surface area contributed by atoms with Gasteiger partial charge >= 0.3 is 29.6 Å². The van der Waals surface area contributed by atoms with Crippen LogP contribution in [0.4, 0.5) is 0 Å². The number of aryl methyl sites for hydroxylation is 2. The number of benzene rings is 3. The number of hydrogen-bond donors (Lipinski definition) is 2. The maximum atomic E-state index is 13.4. The first-order chi connectivity index (χ1) is 15.4. The van der Waals surface area contributed by atoms with Gasteiger partial charge in [0.25, 0.3) is 10.1 Å². The first-order valence-corrected chi connectivity index (χ1v) is 12.5. The van der Waals surface area contributed by atoms with E-state index in [4.69, 9.17) is 4.18 Å². The minimum absolute atomic E-state index is 0. The van der Waals surface area contributed by atoms with E-state index in [1.165, 1.54) is 0 Å². The molecule has 0 bridgehead atoms. The monoisotopic (exact) mass is 490 g/mol. The Morgan fingerprint density at radius 2 is 1.21 bits per heavy atom. The second kappa shape index (κ2) is 9.32. The summed E-state index contributed by atoms with van der Waals surface area (Å²) >= 11 is 0. The van der Waals surface area contributed by atoms with Crippen molar-refractivity contribution in [3.63, 3.8) is 0 Å². The van der Waals surface area contributed by atoms with Gasteiger partial charge in [0.15, 0.2) is 5.60 Å². The molecule has 2 N–H and O–H groups in total. The van der Waals surface area contributed by atoms with Crippen molar-refractivity contribution >= 4 is 39.7 Å². The van der Waals surface area contributed by atoms with E-state index in [1.807, 2.05) is 45.9 Å². The van der Waals surface area contributed by atoms with Crippen LogP contribution >= 0.6 is 0 Å². The second-order valence-electron chi connectivity index (χ2n) is 9.48. The number of rotatable bonds is 4. The molecule has 4 rings (SSSR count). The number of aromatic hydroxyl groups is 2. The number of phenols is 2. The third kappa shape index (κ3) is 4.10. The molecule has 34 heavy (non-hydrogen) atoms. The molecule has 5 nitrogen and oxygen atoms in total. The van der Waals surface area contributed by atoms with Gasteiger partial charge in [-0.25, -0.2) is 4.18 Å². The average Bonchev–Trinajstić information content (AvgIpc) is 2.99. The van der Waals surface area contributed by atoms with Crippen LogP contribution in [0.1, 0.15) is 78.5 Å². The predicted molar refractivity (Wildman–Crippen MR) is 136 cm³/mol. The van der Waals surface area contributed by atoms with E-state index in [0.717, 1.165) is 11.1 Å². The fraction of sp³-hybridized carbons (Fsp3) is 0.333. The summed E-state index contributed by atoms with van der Waals surface area (Å²) in [5.74, 6) is 0.279. The molecule has 1 heterocycles. The van der Waals surface area contributed by atoms with Gasteiger partial charge in [0.1, 0.15) is 16.4 Å². The van der Waals surface area contributed by atoms with Crippen molar-refractivity contribution in [2.45, 2.75) is 63.9 Å². The molecule has 1 aliphatic heterocycles. The Morgan fingerprint density at radius 1 is 0.765 bits per heavy atom. The van der Waals surface area contributed by atoms with Crippen molar-refractivity contribution in [1.29, 1.82) is 0 Å². The summed E-state index contributed by atoms with van der Waals surface area (Å²) in [5, 5.41) is 21.0. The van der Waals surface area contributed by atoms with E-state index in [1.54, 1.807) is 44.2 Å². The molecule has 0 fully saturated rings. The topological polar surface area (TPSA) is 83.8 Å². The summed E-state index contributed by atoms with van der Waals surface area (Å²) in [4.78, 5) is 0.130. The SMILES string of the molecule is Cc1cc(C2(c3cc(C)c(O)cc3C(C)C)OS(=O)(=O)c3ccccc32)c(C(C)C)cc1O.[NaH]. The summed E-state index contributed by atoms with van der Waals surface area (Å²) < 4.78 is 32.9. The van der Waals surface area contributed by atoms with Gasteiger partial charge in [0, 0.05) is 5.56 Å². The molecule has 0 spiro atoms. The van der Waals surface area contributed by atoms with Crippen LogP contribution in [0.25, 0.3) is 0 Å². The van der Waals surface area contributed by atoms with Crippen LogP contribution in [0, 0.1) is 13.8 Å². The first-order valence-electron chi connectivity index (χ1n) is 11.1. The van der Waals surface area contributed by atoms with Gasteiger partial charge in [-0.1, -0.05) is 45.9 Å². The standard InChI is InChI=1S/C27H30O5S.Na.H/c1-15(2)19-13-24(28)17(5)11-22(19)27(21-9-7-8-10-26(21)33(30,31)32-27)23-12-18(6)25(29)14-20(23)16(3)4;;/h7-16,28-29H,1-6H3;;. The van der Waals surface area contributed by atoms with E-state index in [9.17, 15) is 18.6 Å². The molecule has 3 aromatic rings. The first kappa shape index (κ1) is 26.8. The summed E-state index contributed by atoms with van der Waals surface area (Å²) in [6, 6.07) is 13.9. The fourth-order valence-electron chi connectivity index (χ4n) is 4.75. The quantitative estimate of drug-likeness (QED) is 0.382. The van der Waals surface area contributed by atoms with E-state index in [0.29, 0.717) is 27.8 Å². The zero-order valence-electron chi connectivity index (χ0n) is 19.8. The molecule has 0 aliphatic carbocycles. The molecule has 0 amide bonds. The van der Waals surface area contributed by atoms with Crippen LogP contribution in [0.5, 0.6) is 11.5 Å². The fourth-order valence-corrected chi connectivity index (χ4v) is 6.16. The van der Waals surface area contributed by atoms with E-state index >= 15 is 0 Å². The molecule has 0 saturated heterocycles. The van der Waals surface area contributed by atoms with Crippen LogP contribution < -0.4 is 0 Å². The van der Waals surface area contributed by atoms with E-state index in [2.05, 4.69) is 0 Å². The second-order valence-corrected chi connectivity index (χ2v) is 11.0. The summed E-state index contributed by atoms with van der Waals surface area (Å²) in [7, 11) is -4.07. The number of hydrogen-bond acceptors (Lipinski definition) is 5. The van der Waals surface area contributed by atoms with Gasteiger partial charge in [-0.2, -0.15) is 8.42 Å². The molecule has 7 heteroatoms. The zero-order chi connectivity index (χ0) is 24.3. The third-order valence-corrected chi connectivity index (χ3v) is 7.87. The minimum atomic E-state index is -4.07. The van der Waals surface area contributed by atoms with Crippen LogP contribution in [-0.4, -0.2) is 48.2 Å². The molecule has 0 unspecified atom stereocenters. The molecular weight excluding hydrogens is 459 g/mol. The van der Waals surface area contributed by atoms with Crippen molar-refractivity contribution in [2.75, 3.05) is 0 Å². The average molecular weight is 491 g/mol. The van der Waals surface area contributed by atoms with Gasteiger partial charge < -0.3 is 10.2 Å². The van der Waals surface area contributed by atoms with Crippen molar-refractivity contribution in [3.8, 4) is 11.5 Å². The molecule has 0 aromatic heterocycles. The summed E-state index contributed by atoms with van der Waals surface area (Å²) in [6.45, 7) is 11.6. The van der Waals surface area contributed by atoms with Gasteiger partial charge in [-0.15, -0.1) is 0 Å². The Balaban J connectivity index is 0.00000324. The van der Waals surface area contributed by atoms with Gasteiger partial charge in [0.2, 0.25) is 0 Å². The molecule has 3 aromatic carbocycles. The van der Waals surface area contributed by atoms with E-state index in [-0.39, 0.29) is 57.8 Å². The van der Waals surface area contributed by atoms with Crippen molar-refractivity contribution < 1.29 is 22.8 Å². The molecule has 176 valence electrons. The summed E-state index contributed by atoms with van der Waals surface area (Å²) in [5.41, 5.74) is 3.27. The summed E-state index contributed by atoms with van der Waals surface area (Å²) in [6.07, 6.45) is 0. The van der Waals surface area contributed by atoms with Crippen LogP contribution in [0.2, 0.25) is 0 Å². The molecule has 0 saturated carbocycles. The molecule has 0 radical (unpaired) electrons. The zero-order valence-corrected chi connectivity index (χ0v) is 20.6. The van der Waals surface area contributed by atoms with Crippen molar-refractivity contribution in [1.82, 2.24) is 0 Å². The van der Waals surface area contributed by atoms with Crippen LogP contribution in [-0.2, 0) is 19.9 Å². The van der Waals surface area contributed by atoms with Gasteiger partial charge in [-0.3, -0.25) is 0 Å². The van der Waals surface area contributed by atoms with Crippen LogP contribution in [0.3, 0.4) is 0 Å². The Morgan fingerprint density at radius 3 is 1.65 bits per heavy atom. The predicted octanol–water partition coefficient (Wildman–Crippen LogP) is 5.32. The third-order valence-electron chi connectivity index (χ3n) is 6.51.